The number of amidine groups is 1. The predicted molar refractivity (Wildman–Crippen MR) is 112 cm³/mol. The zero-order valence-electron chi connectivity index (χ0n) is 15.1. The summed E-state index contributed by atoms with van der Waals surface area (Å²) in [6.45, 7) is 0.452. The van der Waals surface area contributed by atoms with Crippen LogP contribution in [-0.4, -0.2) is 35.6 Å². The lowest BCUT2D eigenvalue weighted by atomic mass is 10.2. The first-order valence-corrected chi connectivity index (χ1v) is 10.4. The van der Waals surface area contributed by atoms with Gasteiger partial charge >= 0.3 is 0 Å². The van der Waals surface area contributed by atoms with Gasteiger partial charge in [0.05, 0.1) is 23.4 Å². The molecule has 1 aromatic carbocycles. The molecule has 0 bridgehead atoms. The summed E-state index contributed by atoms with van der Waals surface area (Å²) in [6, 6.07) is 7.93. The molecule has 2 heterocycles. The van der Waals surface area contributed by atoms with Crippen LogP contribution in [0.1, 0.15) is 23.3 Å². The van der Waals surface area contributed by atoms with Crippen LogP contribution < -0.4 is 15.0 Å². The van der Waals surface area contributed by atoms with Crippen molar-refractivity contribution in [2.45, 2.75) is 25.4 Å². The van der Waals surface area contributed by atoms with Crippen LogP contribution in [0.3, 0.4) is 0 Å². The third-order valence-corrected chi connectivity index (χ3v) is 6.16. The second kappa shape index (κ2) is 8.15. The molecule has 0 spiro atoms. The number of carbonyl (C=O) groups is 2. The number of methoxy groups -OCH3 is 1. The van der Waals surface area contributed by atoms with Crippen LogP contribution in [0.4, 0.5) is 5.13 Å². The molecular weight excluding hydrogens is 396 g/mol. The maximum absolute atomic E-state index is 12.2. The van der Waals surface area contributed by atoms with Crippen molar-refractivity contribution in [2.75, 3.05) is 12.0 Å². The Bertz CT molecular complexity index is 966. The van der Waals surface area contributed by atoms with Crippen molar-refractivity contribution in [1.82, 2.24) is 10.3 Å². The number of thiazole rings is 1. The smallest absolute Gasteiger partial charge is 0.264 e. The Morgan fingerprint density at radius 3 is 3.04 bits per heavy atom. The summed E-state index contributed by atoms with van der Waals surface area (Å²) in [7, 11) is 1.62. The lowest BCUT2D eigenvalue weighted by Gasteiger charge is -2.11. The average molecular weight is 415 g/mol. The molecule has 1 aromatic heterocycles. The minimum Gasteiger partial charge on any atom is -0.497 e. The highest BCUT2D eigenvalue weighted by Crippen LogP contribution is 2.34. The van der Waals surface area contributed by atoms with E-state index < -0.39 is 0 Å². The Kier molecular flexibility index (Phi) is 5.45. The number of aliphatic imine (C=N–C) groups is 1. The molecule has 2 fully saturated rings. The van der Waals surface area contributed by atoms with Crippen LogP contribution >= 0.6 is 23.1 Å². The molecule has 2 aromatic rings. The minimum absolute atomic E-state index is 0.182. The van der Waals surface area contributed by atoms with Crippen molar-refractivity contribution in [3.05, 3.63) is 45.8 Å². The summed E-state index contributed by atoms with van der Waals surface area (Å²) in [5, 5.41) is 4.02. The quantitative estimate of drug-likeness (QED) is 0.556. The van der Waals surface area contributed by atoms with E-state index in [0.29, 0.717) is 21.7 Å². The molecule has 1 aliphatic heterocycles. The first-order chi connectivity index (χ1) is 13.7. The molecule has 1 N–H and O–H groups in total. The van der Waals surface area contributed by atoms with Gasteiger partial charge in [0.15, 0.2) is 10.3 Å². The highest BCUT2D eigenvalue weighted by Gasteiger charge is 2.31. The molecule has 2 aliphatic rings. The van der Waals surface area contributed by atoms with Gasteiger partial charge in [-0.1, -0.05) is 23.5 Å². The standard InChI is InChI=1S/C19H18N4O3S2/c1-26-14-4-2-3-12(7-14)9-20-18-22-17(25)16(28-18)8-15-10-21-19(27-15)23(11-24)13-5-6-13/h2-4,7-8,10-11,13H,5-6,9H2,1H3,(H,20,22,25)/b16-8-. The number of hydrogen-bond donors (Lipinski definition) is 1. The number of nitrogens with one attached hydrogen (secondary N) is 1. The number of rotatable bonds is 7. The van der Waals surface area contributed by atoms with Crippen molar-refractivity contribution < 1.29 is 14.3 Å². The van der Waals surface area contributed by atoms with Crippen LogP contribution in [0.15, 0.2) is 40.4 Å². The number of hydrogen-bond acceptors (Lipinski definition) is 7. The second-order valence-corrected chi connectivity index (χ2v) is 8.40. The van der Waals surface area contributed by atoms with Gasteiger partial charge in [-0.15, -0.1) is 0 Å². The van der Waals surface area contributed by atoms with Crippen LogP contribution in [0.25, 0.3) is 6.08 Å². The predicted octanol–water partition coefficient (Wildman–Crippen LogP) is 3.04. The van der Waals surface area contributed by atoms with Gasteiger partial charge in [0, 0.05) is 12.2 Å². The number of aromatic nitrogens is 1. The summed E-state index contributed by atoms with van der Waals surface area (Å²) < 4.78 is 5.21. The van der Waals surface area contributed by atoms with Gasteiger partial charge in [0.25, 0.3) is 5.91 Å². The molecule has 1 saturated carbocycles. The number of carbonyl (C=O) groups excluding carboxylic acids is 2. The third-order valence-electron chi connectivity index (χ3n) is 4.25. The number of anilines is 1. The number of amides is 2. The number of nitrogens with zero attached hydrogens (tertiary/aromatic N) is 3. The third kappa shape index (κ3) is 4.26. The topological polar surface area (TPSA) is 83.9 Å². The monoisotopic (exact) mass is 414 g/mol. The summed E-state index contributed by atoms with van der Waals surface area (Å²) in [4.78, 5) is 35.3. The molecule has 144 valence electrons. The van der Waals surface area contributed by atoms with E-state index in [0.717, 1.165) is 35.4 Å². The Morgan fingerprint density at radius 1 is 1.43 bits per heavy atom. The van der Waals surface area contributed by atoms with Crippen molar-refractivity contribution in [3.8, 4) is 5.75 Å². The second-order valence-electron chi connectivity index (χ2n) is 6.33. The fraction of sp³-hybridized carbons (Fsp3) is 0.263. The van der Waals surface area contributed by atoms with Gasteiger partial charge in [-0.2, -0.15) is 0 Å². The molecule has 0 radical (unpaired) electrons. The van der Waals surface area contributed by atoms with Crippen LogP contribution in [-0.2, 0) is 16.1 Å². The number of benzene rings is 1. The highest BCUT2D eigenvalue weighted by molar-refractivity contribution is 8.18. The first-order valence-electron chi connectivity index (χ1n) is 8.74. The first kappa shape index (κ1) is 18.7. The van der Waals surface area contributed by atoms with E-state index in [1.54, 1.807) is 24.3 Å². The molecule has 0 unspecified atom stereocenters. The van der Waals surface area contributed by atoms with Crippen molar-refractivity contribution in [2.24, 2.45) is 4.99 Å². The lowest BCUT2D eigenvalue weighted by molar-refractivity contribution is -0.115. The van der Waals surface area contributed by atoms with Gasteiger partial charge in [0.1, 0.15) is 5.75 Å². The molecule has 1 aliphatic carbocycles. The van der Waals surface area contributed by atoms with E-state index >= 15 is 0 Å². The van der Waals surface area contributed by atoms with E-state index in [-0.39, 0.29) is 11.9 Å². The molecule has 9 heteroatoms. The minimum atomic E-state index is -0.182. The largest absolute Gasteiger partial charge is 0.497 e. The highest BCUT2D eigenvalue weighted by atomic mass is 32.2. The zero-order chi connectivity index (χ0) is 19.5. The van der Waals surface area contributed by atoms with E-state index in [9.17, 15) is 9.59 Å². The van der Waals surface area contributed by atoms with E-state index in [1.807, 2.05) is 24.3 Å². The summed E-state index contributed by atoms with van der Waals surface area (Å²) in [5.74, 6) is 0.594. The van der Waals surface area contributed by atoms with Gasteiger partial charge in [-0.25, -0.2) is 4.98 Å². The SMILES string of the molecule is COc1cccc(C/N=C2/NC(=O)/C(=C/c3cnc(N(C=O)C4CC4)s3)S2)c1. The van der Waals surface area contributed by atoms with Gasteiger partial charge < -0.3 is 10.1 Å². The van der Waals surface area contributed by atoms with E-state index in [1.165, 1.54) is 23.1 Å². The fourth-order valence-electron chi connectivity index (χ4n) is 2.67. The van der Waals surface area contributed by atoms with Gasteiger partial charge in [-0.05, 0) is 48.4 Å². The molecule has 1 saturated heterocycles. The Balaban J connectivity index is 1.44. The Morgan fingerprint density at radius 2 is 2.29 bits per heavy atom. The van der Waals surface area contributed by atoms with Gasteiger partial charge in [-0.3, -0.25) is 19.5 Å². The van der Waals surface area contributed by atoms with Crippen molar-refractivity contribution in [1.29, 1.82) is 0 Å². The molecule has 28 heavy (non-hydrogen) atoms. The van der Waals surface area contributed by atoms with Crippen molar-refractivity contribution >= 4 is 51.8 Å². The normalized spacial score (nSPS) is 19.1. The van der Waals surface area contributed by atoms with Crippen LogP contribution in [0.2, 0.25) is 0 Å². The molecule has 0 atom stereocenters. The summed E-state index contributed by atoms with van der Waals surface area (Å²) in [5.41, 5.74) is 1.00. The molecule has 7 nitrogen and oxygen atoms in total. The van der Waals surface area contributed by atoms with Crippen LogP contribution in [0.5, 0.6) is 5.75 Å². The van der Waals surface area contributed by atoms with E-state index in [4.69, 9.17) is 4.74 Å². The lowest BCUT2D eigenvalue weighted by Crippen LogP contribution is -2.22. The Hall–Kier alpha value is -2.65. The summed E-state index contributed by atoms with van der Waals surface area (Å²) >= 11 is 2.70. The molecular formula is C19H18N4O3S2. The average Bonchev–Trinajstić information content (AvgIpc) is 3.34. The van der Waals surface area contributed by atoms with Crippen LogP contribution in [0, 0.1) is 0 Å². The Labute approximate surface area is 170 Å². The summed E-state index contributed by atoms with van der Waals surface area (Å²) in [6.07, 6.45) is 6.32. The fourth-order valence-corrected chi connectivity index (χ4v) is 4.45. The zero-order valence-corrected chi connectivity index (χ0v) is 16.8. The van der Waals surface area contributed by atoms with Gasteiger partial charge in [0.2, 0.25) is 6.41 Å². The van der Waals surface area contributed by atoms with Crippen molar-refractivity contribution in [3.63, 3.8) is 0 Å². The molecule has 4 rings (SSSR count). The number of thioether (sulfide) groups is 1. The number of ether oxygens (including phenoxy) is 1. The molecule has 2 amide bonds. The maximum Gasteiger partial charge on any atom is 0.264 e. The van der Waals surface area contributed by atoms with E-state index in [2.05, 4.69) is 15.3 Å². The maximum atomic E-state index is 12.2.